The molecule has 2 aromatic carbocycles. The molecule has 3 N–H and O–H groups in total. The number of anilines is 1. The SMILES string of the molecule is Nc1ccc(C(=O)NCCc2cc(F)cc(F)c2)cc1Cl. The minimum absolute atomic E-state index is 0.254. The van der Waals surface area contributed by atoms with E-state index in [2.05, 4.69) is 5.32 Å². The molecule has 1 amide bonds. The van der Waals surface area contributed by atoms with Gasteiger partial charge < -0.3 is 11.1 Å². The van der Waals surface area contributed by atoms with E-state index < -0.39 is 11.6 Å². The van der Waals surface area contributed by atoms with Crippen molar-refractivity contribution in [3.63, 3.8) is 0 Å². The zero-order chi connectivity index (χ0) is 15.4. The van der Waals surface area contributed by atoms with E-state index in [1.165, 1.54) is 18.2 Å². The summed E-state index contributed by atoms with van der Waals surface area (Å²) in [5.41, 5.74) is 6.80. The summed E-state index contributed by atoms with van der Waals surface area (Å²) in [6, 6.07) is 7.83. The second kappa shape index (κ2) is 6.54. The number of amides is 1. The van der Waals surface area contributed by atoms with Crippen LogP contribution in [-0.4, -0.2) is 12.5 Å². The first-order valence-corrected chi connectivity index (χ1v) is 6.61. The lowest BCUT2D eigenvalue weighted by Gasteiger charge is -2.07. The van der Waals surface area contributed by atoms with Gasteiger partial charge in [0.25, 0.3) is 5.91 Å². The van der Waals surface area contributed by atoms with E-state index in [-0.39, 0.29) is 12.5 Å². The van der Waals surface area contributed by atoms with Crippen LogP contribution in [-0.2, 0) is 6.42 Å². The van der Waals surface area contributed by atoms with Crippen molar-refractivity contribution in [2.45, 2.75) is 6.42 Å². The summed E-state index contributed by atoms with van der Waals surface area (Å²) in [6.45, 7) is 0.254. The summed E-state index contributed by atoms with van der Waals surface area (Å²) in [5, 5.41) is 2.95. The number of hydrogen-bond acceptors (Lipinski definition) is 2. The number of nitrogens with one attached hydrogen (secondary N) is 1. The van der Waals surface area contributed by atoms with E-state index in [1.807, 2.05) is 0 Å². The summed E-state index contributed by atoms with van der Waals surface area (Å²) < 4.78 is 26.0. The molecule has 0 bridgehead atoms. The topological polar surface area (TPSA) is 55.1 Å². The van der Waals surface area contributed by atoms with E-state index in [4.69, 9.17) is 17.3 Å². The third-order valence-corrected chi connectivity index (χ3v) is 3.21. The lowest BCUT2D eigenvalue weighted by Crippen LogP contribution is -2.25. The van der Waals surface area contributed by atoms with Gasteiger partial charge in [0.2, 0.25) is 0 Å². The fourth-order valence-electron chi connectivity index (χ4n) is 1.85. The van der Waals surface area contributed by atoms with Crippen LogP contribution in [0.2, 0.25) is 5.02 Å². The van der Waals surface area contributed by atoms with Crippen LogP contribution in [0.5, 0.6) is 0 Å². The highest BCUT2D eigenvalue weighted by Gasteiger charge is 2.07. The molecule has 6 heteroatoms. The molecule has 0 heterocycles. The molecule has 0 aliphatic carbocycles. The fourth-order valence-corrected chi connectivity index (χ4v) is 2.03. The minimum Gasteiger partial charge on any atom is -0.398 e. The highest BCUT2D eigenvalue weighted by molar-refractivity contribution is 6.33. The molecule has 0 aromatic heterocycles. The third-order valence-electron chi connectivity index (χ3n) is 2.88. The highest BCUT2D eigenvalue weighted by Crippen LogP contribution is 2.19. The predicted molar refractivity (Wildman–Crippen MR) is 78.3 cm³/mol. The van der Waals surface area contributed by atoms with Crippen molar-refractivity contribution in [3.05, 3.63) is 64.2 Å². The Morgan fingerprint density at radius 1 is 1.14 bits per heavy atom. The van der Waals surface area contributed by atoms with E-state index in [1.54, 1.807) is 12.1 Å². The Kier molecular flexibility index (Phi) is 4.75. The van der Waals surface area contributed by atoms with Crippen molar-refractivity contribution in [2.24, 2.45) is 0 Å². The number of carbonyl (C=O) groups excluding carboxylic acids is 1. The number of carbonyl (C=O) groups is 1. The second-order valence-corrected chi connectivity index (χ2v) is 4.93. The van der Waals surface area contributed by atoms with Crippen LogP contribution < -0.4 is 11.1 Å². The fraction of sp³-hybridized carbons (Fsp3) is 0.133. The van der Waals surface area contributed by atoms with Gasteiger partial charge in [-0.15, -0.1) is 0 Å². The Hall–Kier alpha value is -2.14. The average molecular weight is 311 g/mol. The zero-order valence-electron chi connectivity index (χ0n) is 11.0. The normalized spacial score (nSPS) is 10.4. The molecular weight excluding hydrogens is 298 g/mol. The molecule has 0 aliphatic rings. The molecule has 2 aromatic rings. The number of hydrogen-bond donors (Lipinski definition) is 2. The maximum absolute atomic E-state index is 13.0. The van der Waals surface area contributed by atoms with Crippen molar-refractivity contribution < 1.29 is 13.6 Å². The minimum atomic E-state index is -0.637. The first kappa shape index (κ1) is 15.3. The Morgan fingerprint density at radius 3 is 2.43 bits per heavy atom. The predicted octanol–water partition coefficient (Wildman–Crippen LogP) is 3.17. The van der Waals surface area contributed by atoms with Crippen LogP contribution in [0, 0.1) is 11.6 Å². The molecule has 2 rings (SSSR count). The van der Waals surface area contributed by atoms with Gasteiger partial charge in [0.15, 0.2) is 0 Å². The van der Waals surface area contributed by atoms with Crippen molar-refractivity contribution >= 4 is 23.2 Å². The lowest BCUT2D eigenvalue weighted by molar-refractivity contribution is 0.0954. The Morgan fingerprint density at radius 2 is 1.81 bits per heavy atom. The van der Waals surface area contributed by atoms with Gasteiger partial charge in [0.05, 0.1) is 10.7 Å². The Bertz CT molecular complexity index is 656. The van der Waals surface area contributed by atoms with E-state index in [9.17, 15) is 13.6 Å². The maximum atomic E-state index is 13.0. The third kappa shape index (κ3) is 4.16. The van der Waals surface area contributed by atoms with Crippen molar-refractivity contribution in [3.8, 4) is 0 Å². The van der Waals surface area contributed by atoms with Crippen LogP contribution in [0.1, 0.15) is 15.9 Å². The first-order chi connectivity index (χ1) is 9.95. The number of nitrogens with two attached hydrogens (primary N) is 1. The van der Waals surface area contributed by atoms with E-state index in [0.29, 0.717) is 28.3 Å². The molecule has 0 saturated heterocycles. The summed E-state index contributed by atoms with van der Waals surface area (Å²) in [4.78, 5) is 11.9. The number of rotatable bonds is 4. The van der Waals surface area contributed by atoms with Gasteiger partial charge in [-0.3, -0.25) is 4.79 Å². The van der Waals surface area contributed by atoms with Gasteiger partial charge in [-0.1, -0.05) is 11.6 Å². The molecule has 0 atom stereocenters. The summed E-state index contributed by atoms with van der Waals surface area (Å²) >= 11 is 5.83. The molecule has 0 saturated carbocycles. The summed E-state index contributed by atoms with van der Waals surface area (Å²) in [6.07, 6.45) is 0.323. The zero-order valence-corrected chi connectivity index (χ0v) is 11.8. The second-order valence-electron chi connectivity index (χ2n) is 4.52. The lowest BCUT2D eigenvalue weighted by atomic mass is 10.1. The van der Waals surface area contributed by atoms with Gasteiger partial charge in [-0.25, -0.2) is 8.78 Å². The molecule has 0 fully saturated rings. The van der Waals surface area contributed by atoms with E-state index in [0.717, 1.165) is 6.07 Å². The van der Waals surface area contributed by atoms with Crippen LogP contribution in [0.3, 0.4) is 0 Å². The molecule has 110 valence electrons. The van der Waals surface area contributed by atoms with Crippen LogP contribution in [0.25, 0.3) is 0 Å². The highest BCUT2D eigenvalue weighted by atomic mass is 35.5. The Labute approximate surface area is 125 Å². The average Bonchev–Trinajstić information content (AvgIpc) is 2.40. The standard InChI is InChI=1S/C15H13ClF2N2O/c16-13-7-10(1-2-14(13)19)15(21)20-4-3-9-5-11(17)8-12(18)6-9/h1-2,5-8H,3-4,19H2,(H,20,21). The van der Waals surface area contributed by atoms with Crippen LogP contribution >= 0.6 is 11.6 Å². The monoisotopic (exact) mass is 310 g/mol. The number of nitrogen functional groups attached to an aromatic ring is 1. The smallest absolute Gasteiger partial charge is 0.251 e. The van der Waals surface area contributed by atoms with Gasteiger partial charge in [0, 0.05) is 18.2 Å². The van der Waals surface area contributed by atoms with Crippen molar-refractivity contribution in [1.82, 2.24) is 5.32 Å². The molecule has 21 heavy (non-hydrogen) atoms. The molecule has 3 nitrogen and oxygen atoms in total. The van der Waals surface area contributed by atoms with Crippen LogP contribution in [0.15, 0.2) is 36.4 Å². The van der Waals surface area contributed by atoms with Crippen molar-refractivity contribution in [1.29, 1.82) is 0 Å². The molecule has 0 spiro atoms. The quantitative estimate of drug-likeness (QED) is 0.852. The van der Waals surface area contributed by atoms with E-state index >= 15 is 0 Å². The van der Waals surface area contributed by atoms with Gasteiger partial charge in [-0.05, 0) is 42.3 Å². The van der Waals surface area contributed by atoms with Gasteiger partial charge >= 0.3 is 0 Å². The molecule has 0 aliphatic heterocycles. The Balaban J connectivity index is 1.93. The first-order valence-electron chi connectivity index (χ1n) is 6.24. The summed E-state index contributed by atoms with van der Waals surface area (Å²) in [5.74, 6) is -1.60. The molecular formula is C15H13ClF2N2O. The van der Waals surface area contributed by atoms with Gasteiger partial charge in [-0.2, -0.15) is 0 Å². The largest absolute Gasteiger partial charge is 0.398 e. The molecule has 0 unspecified atom stereocenters. The van der Waals surface area contributed by atoms with Gasteiger partial charge in [0.1, 0.15) is 11.6 Å². The van der Waals surface area contributed by atoms with Crippen molar-refractivity contribution in [2.75, 3.05) is 12.3 Å². The number of halogens is 3. The number of benzene rings is 2. The maximum Gasteiger partial charge on any atom is 0.251 e. The summed E-state index contributed by atoms with van der Waals surface area (Å²) in [7, 11) is 0. The van der Waals surface area contributed by atoms with Crippen LogP contribution in [0.4, 0.5) is 14.5 Å². The molecule has 0 radical (unpaired) electrons.